The van der Waals surface area contributed by atoms with Gasteiger partial charge in [-0.15, -0.1) is 0 Å². The van der Waals surface area contributed by atoms with Crippen LogP contribution in [0.2, 0.25) is 0 Å². The molecule has 1 aromatic heterocycles. The second kappa shape index (κ2) is 5.17. The molecule has 0 saturated heterocycles. The van der Waals surface area contributed by atoms with Crippen LogP contribution in [-0.4, -0.2) is 30.7 Å². The highest BCUT2D eigenvalue weighted by Crippen LogP contribution is 2.42. The van der Waals surface area contributed by atoms with E-state index in [1.807, 2.05) is 13.8 Å². The lowest BCUT2D eigenvalue weighted by Crippen LogP contribution is -2.23. The average Bonchev–Trinajstić information content (AvgIpc) is 3.05. The Morgan fingerprint density at radius 1 is 1.40 bits per heavy atom. The molecule has 1 saturated carbocycles. The number of nitrogens with zero attached hydrogens (tertiary/aromatic N) is 1. The Kier molecular flexibility index (Phi) is 3.88. The molecule has 8 heteroatoms. The van der Waals surface area contributed by atoms with E-state index in [2.05, 4.69) is 10.2 Å². The molecule has 112 valence electrons. The number of nitrogens with two attached hydrogens (primary N) is 1. The van der Waals surface area contributed by atoms with Gasteiger partial charge in [-0.2, -0.15) is 5.10 Å². The maximum Gasteiger partial charge on any atom is 0.360 e. The van der Waals surface area contributed by atoms with Crippen LogP contribution in [0, 0.1) is 5.92 Å². The summed E-state index contributed by atoms with van der Waals surface area (Å²) in [7, 11) is -4.02. The number of aromatic nitrogens is 2. The number of primary sulfonamides is 1. The molecular formula is C12H19N3O4S. The molecule has 0 amide bonds. The average molecular weight is 301 g/mol. The van der Waals surface area contributed by atoms with Gasteiger partial charge in [0.05, 0.1) is 5.69 Å². The topological polar surface area (TPSA) is 115 Å². The smallest absolute Gasteiger partial charge is 0.360 e. The Balaban J connectivity index is 2.35. The molecule has 1 aromatic rings. The first-order valence-corrected chi connectivity index (χ1v) is 8.08. The van der Waals surface area contributed by atoms with Crippen molar-refractivity contribution in [2.45, 2.75) is 50.5 Å². The predicted molar refractivity (Wildman–Crippen MR) is 71.7 cm³/mol. The number of carbonyl (C=O) groups is 1. The highest BCUT2D eigenvalue weighted by atomic mass is 32.2. The summed E-state index contributed by atoms with van der Waals surface area (Å²) in [4.78, 5) is 11.8. The molecular weight excluding hydrogens is 282 g/mol. The summed E-state index contributed by atoms with van der Waals surface area (Å²) in [6.07, 6.45) is 1.39. The molecule has 1 fully saturated rings. The molecule has 0 aliphatic heterocycles. The number of hydrogen-bond acceptors (Lipinski definition) is 5. The summed E-state index contributed by atoms with van der Waals surface area (Å²) >= 11 is 0. The van der Waals surface area contributed by atoms with Crippen LogP contribution in [0.5, 0.6) is 0 Å². The van der Waals surface area contributed by atoms with E-state index in [-0.39, 0.29) is 28.5 Å². The zero-order valence-electron chi connectivity index (χ0n) is 11.7. The standard InChI is InChI=1S/C12H19N3O4S/c1-6(2)7(3)19-12(16)10-11(20(13,17)18)9(14-15-10)8-4-5-8/h6-8H,4-5H2,1-3H3,(H,14,15)(H2,13,17,18). The van der Waals surface area contributed by atoms with Crippen LogP contribution >= 0.6 is 0 Å². The number of sulfonamides is 1. The number of aromatic amines is 1. The van der Waals surface area contributed by atoms with Gasteiger partial charge in [-0.25, -0.2) is 18.4 Å². The second-order valence-electron chi connectivity index (χ2n) is 5.49. The Bertz CT molecular complexity index is 617. The SMILES string of the molecule is CC(C)C(C)OC(=O)c1n[nH]c(C2CC2)c1S(N)(=O)=O. The van der Waals surface area contributed by atoms with Crippen molar-refractivity contribution in [3.63, 3.8) is 0 Å². The molecule has 0 bridgehead atoms. The largest absolute Gasteiger partial charge is 0.458 e. The van der Waals surface area contributed by atoms with Crippen molar-refractivity contribution < 1.29 is 17.9 Å². The zero-order valence-corrected chi connectivity index (χ0v) is 12.5. The van der Waals surface area contributed by atoms with Crippen molar-refractivity contribution in [3.8, 4) is 0 Å². The highest BCUT2D eigenvalue weighted by molar-refractivity contribution is 7.89. The van der Waals surface area contributed by atoms with E-state index >= 15 is 0 Å². The number of ether oxygens (including phenoxy) is 1. The van der Waals surface area contributed by atoms with Crippen LogP contribution in [-0.2, 0) is 14.8 Å². The van der Waals surface area contributed by atoms with Gasteiger partial charge in [0.25, 0.3) is 0 Å². The fraction of sp³-hybridized carbons (Fsp3) is 0.667. The van der Waals surface area contributed by atoms with Crippen molar-refractivity contribution in [1.29, 1.82) is 0 Å². The molecule has 3 N–H and O–H groups in total. The van der Waals surface area contributed by atoms with Crippen molar-refractivity contribution in [2.75, 3.05) is 0 Å². The Labute approximate surface area is 117 Å². The fourth-order valence-electron chi connectivity index (χ4n) is 1.78. The Morgan fingerprint density at radius 2 is 2.00 bits per heavy atom. The minimum absolute atomic E-state index is 0.0832. The first-order chi connectivity index (χ1) is 9.21. The fourth-order valence-corrected chi connectivity index (χ4v) is 2.70. The number of rotatable bonds is 5. The van der Waals surface area contributed by atoms with Crippen molar-refractivity contribution in [2.24, 2.45) is 11.1 Å². The van der Waals surface area contributed by atoms with E-state index in [9.17, 15) is 13.2 Å². The van der Waals surface area contributed by atoms with Crippen LogP contribution in [0.4, 0.5) is 0 Å². The van der Waals surface area contributed by atoms with Gasteiger partial charge in [0, 0.05) is 5.92 Å². The first-order valence-electron chi connectivity index (χ1n) is 6.53. The third-order valence-electron chi connectivity index (χ3n) is 3.44. The lowest BCUT2D eigenvalue weighted by atomic mass is 10.1. The van der Waals surface area contributed by atoms with Gasteiger partial charge < -0.3 is 4.74 Å². The molecule has 2 rings (SSSR count). The summed E-state index contributed by atoms with van der Waals surface area (Å²) in [5.41, 5.74) is 0.165. The Morgan fingerprint density at radius 3 is 2.45 bits per heavy atom. The second-order valence-corrected chi connectivity index (χ2v) is 6.99. The summed E-state index contributed by atoms with van der Waals surface area (Å²) < 4.78 is 28.6. The number of hydrogen-bond donors (Lipinski definition) is 2. The van der Waals surface area contributed by atoms with Gasteiger partial charge >= 0.3 is 5.97 Å². The molecule has 0 aromatic carbocycles. The molecule has 1 aliphatic carbocycles. The number of carbonyl (C=O) groups excluding carboxylic acids is 1. The zero-order chi connectivity index (χ0) is 15.1. The van der Waals surface area contributed by atoms with E-state index in [0.29, 0.717) is 5.69 Å². The van der Waals surface area contributed by atoms with Crippen LogP contribution in [0.3, 0.4) is 0 Å². The molecule has 0 spiro atoms. The van der Waals surface area contributed by atoms with Crippen LogP contribution in [0.25, 0.3) is 0 Å². The first kappa shape index (κ1) is 15.0. The molecule has 20 heavy (non-hydrogen) atoms. The normalized spacial score (nSPS) is 17.2. The van der Waals surface area contributed by atoms with E-state index in [0.717, 1.165) is 12.8 Å². The minimum atomic E-state index is -4.02. The molecule has 0 radical (unpaired) electrons. The Hall–Kier alpha value is -1.41. The van der Waals surface area contributed by atoms with Gasteiger partial charge in [0.2, 0.25) is 10.0 Å². The summed E-state index contributed by atoms with van der Waals surface area (Å²) in [6.45, 7) is 5.55. The maximum absolute atomic E-state index is 12.1. The molecule has 1 atom stereocenters. The van der Waals surface area contributed by atoms with Gasteiger partial charge in [-0.05, 0) is 25.7 Å². The lowest BCUT2D eigenvalue weighted by molar-refractivity contribution is 0.0226. The third kappa shape index (κ3) is 3.01. The number of nitrogens with one attached hydrogen (secondary N) is 1. The molecule has 1 unspecified atom stereocenters. The van der Waals surface area contributed by atoms with Crippen molar-refractivity contribution in [1.82, 2.24) is 10.2 Å². The molecule has 1 heterocycles. The third-order valence-corrected chi connectivity index (χ3v) is 4.43. The van der Waals surface area contributed by atoms with Crippen LogP contribution in [0.1, 0.15) is 55.7 Å². The van der Waals surface area contributed by atoms with Crippen molar-refractivity contribution >= 4 is 16.0 Å². The quantitative estimate of drug-likeness (QED) is 0.791. The predicted octanol–water partition coefficient (Wildman–Crippen LogP) is 1.14. The number of H-pyrrole nitrogens is 1. The molecule has 1 aliphatic rings. The highest BCUT2D eigenvalue weighted by Gasteiger charge is 2.36. The summed E-state index contributed by atoms with van der Waals surface area (Å²) in [6, 6.07) is 0. The summed E-state index contributed by atoms with van der Waals surface area (Å²) in [5, 5.41) is 11.6. The monoisotopic (exact) mass is 301 g/mol. The molecule has 7 nitrogen and oxygen atoms in total. The van der Waals surface area contributed by atoms with Gasteiger partial charge in [0.1, 0.15) is 11.0 Å². The number of esters is 1. The van der Waals surface area contributed by atoms with Gasteiger partial charge in [-0.1, -0.05) is 13.8 Å². The van der Waals surface area contributed by atoms with E-state index in [1.54, 1.807) is 6.92 Å². The van der Waals surface area contributed by atoms with E-state index < -0.39 is 16.0 Å². The summed E-state index contributed by atoms with van der Waals surface area (Å²) in [5.74, 6) is -0.558. The minimum Gasteiger partial charge on any atom is -0.458 e. The lowest BCUT2D eigenvalue weighted by Gasteiger charge is -2.15. The van der Waals surface area contributed by atoms with Gasteiger partial charge in [0.15, 0.2) is 5.69 Å². The van der Waals surface area contributed by atoms with E-state index in [1.165, 1.54) is 0 Å². The van der Waals surface area contributed by atoms with Crippen LogP contribution < -0.4 is 5.14 Å². The van der Waals surface area contributed by atoms with E-state index in [4.69, 9.17) is 9.88 Å². The maximum atomic E-state index is 12.1. The van der Waals surface area contributed by atoms with Crippen LogP contribution in [0.15, 0.2) is 4.90 Å². The van der Waals surface area contributed by atoms with Crippen molar-refractivity contribution in [3.05, 3.63) is 11.4 Å². The van der Waals surface area contributed by atoms with Gasteiger partial charge in [-0.3, -0.25) is 5.10 Å².